The largest absolute Gasteiger partial charge is 0.381 e. The van der Waals surface area contributed by atoms with E-state index in [-0.39, 0.29) is 11.9 Å². The zero-order chi connectivity index (χ0) is 16.1. The van der Waals surface area contributed by atoms with Gasteiger partial charge in [-0.2, -0.15) is 0 Å². The van der Waals surface area contributed by atoms with Crippen LogP contribution in [0.1, 0.15) is 31.2 Å². The number of carbonyl (C=O) groups excluding carboxylic acids is 1. The molecule has 23 heavy (non-hydrogen) atoms. The number of ether oxygens (including phenoxy) is 1. The van der Waals surface area contributed by atoms with Gasteiger partial charge in [0, 0.05) is 30.7 Å². The molecule has 2 fully saturated rings. The highest BCUT2D eigenvalue weighted by atomic mass is 32.2. The molecule has 0 aliphatic carbocycles. The molecule has 1 amide bonds. The Bertz CT molecular complexity index is 514. The molecule has 5 heteroatoms. The lowest BCUT2D eigenvalue weighted by Crippen LogP contribution is -2.49. The van der Waals surface area contributed by atoms with Gasteiger partial charge in [-0.15, -0.1) is 11.8 Å². The molecular formula is C18H26N2O2S. The molecule has 2 heterocycles. The summed E-state index contributed by atoms with van der Waals surface area (Å²) in [4.78, 5) is 16.3. The van der Waals surface area contributed by atoms with Crippen molar-refractivity contribution in [2.45, 2.75) is 49.2 Å². The summed E-state index contributed by atoms with van der Waals surface area (Å²) in [7, 11) is 0. The number of carbonyl (C=O) groups is 1. The SMILES string of the molecule is CSc1ccc(CNC(=O)[C@H]2CCCN2C2CCOCC2)cc1. The molecule has 1 aromatic carbocycles. The van der Waals surface area contributed by atoms with Crippen molar-refractivity contribution in [2.24, 2.45) is 0 Å². The quantitative estimate of drug-likeness (QED) is 0.841. The molecule has 0 spiro atoms. The van der Waals surface area contributed by atoms with Crippen LogP contribution in [0, 0.1) is 0 Å². The number of hydrogen-bond acceptors (Lipinski definition) is 4. The van der Waals surface area contributed by atoms with Crippen molar-refractivity contribution in [2.75, 3.05) is 26.0 Å². The molecule has 126 valence electrons. The number of amides is 1. The van der Waals surface area contributed by atoms with E-state index in [1.165, 1.54) is 4.90 Å². The Hall–Kier alpha value is -1.04. The summed E-state index contributed by atoms with van der Waals surface area (Å²) in [5.41, 5.74) is 1.16. The standard InChI is InChI=1S/C18H26N2O2S/c1-23-16-6-4-14(5-7-16)13-19-18(21)17-3-2-10-20(17)15-8-11-22-12-9-15/h4-7,15,17H,2-3,8-13H2,1H3,(H,19,21)/t17-/m1/s1. The molecule has 1 aromatic rings. The number of thioether (sulfide) groups is 1. The third-order valence-electron chi connectivity index (χ3n) is 4.88. The fourth-order valence-corrected chi connectivity index (χ4v) is 3.98. The van der Waals surface area contributed by atoms with Gasteiger partial charge in [0.15, 0.2) is 0 Å². The molecule has 0 radical (unpaired) electrons. The van der Waals surface area contributed by atoms with Crippen LogP contribution in [-0.4, -0.2) is 48.9 Å². The van der Waals surface area contributed by atoms with Crippen LogP contribution in [0.3, 0.4) is 0 Å². The van der Waals surface area contributed by atoms with Gasteiger partial charge in [0.2, 0.25) is 5.91 Å². The van der Waals surface area contributed by atoms with E-state index < -0.39 is 0 Å². The van der Waals surface area contributed by atoms with Crippen molar-refractivity contribution in [3.05, 3.63) is 29.8 Å². The van der Waals surface area contributed by atoms with E-state index in [1.807, 2.05) is 0 Å². The predicted molar refractivity (Wildman–Crippen MR) is 93.6 cm³/mol. The molecule has 2 aliphatic rings. The third-order valence-corrected chi connectivity index (χ3v) is 5.63. The average molecular weight is 334 g/mol. The Morgan fingerprint density at radius 3 is 2.70 bits per heavy atom. The molecular weight excluding hydrogens is 308 g/mol. The third kappa shape index (κ3) is 4.28. The molecule has 0 bridgehead atoms. The first-order valence-corrected chi connectivity index (χ1v) is 9.74. The topological polar surface area (TPSA) is 41.6 Å². The summed E-state index contributed by atoms with van der Waals surface area (Å²) < 4.78 is 5.45. The van der Waals surface area contributed by atoms with Crippen LogP contribution < -0.4 is 5.32 Å². The molecule has 0 saturated carbocycles. The van der Waals surface area contributed by atoms with Crippen molar-refractivity contribution in [1.29, 1.82) is 0 Å². The van der Waals surface area contributed by atoms with E-state index in [0.29, 0.717) is 12.6 Å². The second kappa shape index (κ2) is 8.18. The summed E-state index contributed by atoms with van der Waals surface area (Å²) in [5, 5.41) is 3.13. The summed E-state index contributed by atoms with van der Waals surface area (Å²) >= 11 is 1.73. The second-order valence-electron chi connectivity index (χ2n) is 6.31. The van der Waals surface area contributed by atoms with E-state index in [2.05, 4.69) is 40.7 Å². The van der Waals surface area contributed by atoms with Crippen LogP contribution in [0.2, 0.25) is 0 Å². The van der Waals surface area contributed by atoms with Crippen LogP contribution in [0.15, 0.2) is 29.2 Å². The van der Waals surface area contributed by atoms with Crippen LogP contribution in [0.25, 0.3) is 0 Å². The predicted octanol–water partition coefficient (Wildman–Crippen LogP) is 2.67. The lowest BCUT2D eigenvalue weighted by atomic mass is 10.1. The number of likely N-dealkylation sites (tertiary alicyclic amines) is 1. The molecule has 2 aliphatic heterocycles. The van der Waals surface area contributed by atoms with Gasteiger partial charge in [-0.1, -0.05) is 12.1 Å². The van der Waals surface area contributed by atoms with E-state index >= 15 is 0 Å². The van der Waals surface area contributed by atoms with Gasteiger partial charge in [-0.05, 0) is 56.2 Å². The Kier molecular flexibility index (Phi) is 5.97. The summed E-state index contributed by atoms with van der Waals surface area (Å²) in [6, 6.07) is 8.96. The minimum absolute atomic E-state index is 0.0450. The van der Waals surface area contributed by atoms with E-state index in [9.17, 15) is 4.79 Å². The van der Waals surface area contributed by atoms with Crippen LogP contribution in [0.4, 0.5) is 0 Å². The first kappa shape index (κ1) is 16.8. The summed E-state index contributed by atoms with van der Waals surface area (Å²) in [5.74, 6) is 0.183. The Morgan fingerprint density at radius 2 is 2.00 bits per heavy atom. The van der Waals surface area contributed by atoms with Gasteiger partial charge in [-0.25, -0.2) is 0 Å². The van der Waals surface area contributed by atoms with Gasteiger partial charge in [0.25, 0.3) is 0 Å². The van der Waals surface area contributed by atoms with Crippen LogP contribution in [-0.2, 0) is 16.1 Å². The average Bonchev–Trinajstić information content (AvgIpc) is 3.11. The number of rotatable bonds is 5. The molecule has 1 atom stereocenters. The highest BCUT2D eigenvalue weighted by Crippen LogP contribution is 2.25. The maximum atomic E-state index is 12.6. The zero-order valence-corrected chi connectivity index (χ0v) is 14.6. The van der Waals surface area contributed by atoms with Gasteiger partial charge in [0.1, 0.15) is 0 Å². The summed E-state index contributed by atoms with van der Waals surface area (Å²) in [6.07, 6.45) is 6.29. The maximum absolute atomic E-state index is 12.6. The minimum atomic E-state index is 0.0450. The van der Waals surface area contributed by atoms with E-state index in [4.69, 9.17) is 4.74 Å². The maximum Gasteiger partial charge on any atom is 0.237 e. The molecule has 1 N–H and O–H groups in total. The van der Waals surface area contributed by atoms with Crippen molar-refractivity contribution in [3.8, 4) is 0 Å². The monoisotopic (exact) mass is 334 g/mol. The van der Waals surface area contributed by atoms with Crippen molar-refractivity contribution in [1.82, 2.24) is 10.2 Å². The fourth-order valence-electron chi connectivity index (χ4n) is 3.57. The number of benzene rings is 1. The van der Waals surface area contributed by atoms with Gasteiger partial charge >= 0.3 is 0 Å². The lowest BCUT2D eigenvalue weighted by molar-refractivity contribution is -0.127. The highest BCUT2D eigenvalue weighted by Gasteiger charge is 2.35. The molecule has 0 unspecified atom stereocenters. The molecule has 2 saturated heterocycles. The first-order valence-electron chi connectivity index (χ1n) is 8.52. The normalized spacial score (nSPS) is 23.1. The number of nitrogens with zero attached hydrogens (tertiary/aromatic N) is 1. The first-order chi connectivity index (χ1) is 11.3. The van der Waals surface area contributed by atoms with Gasteiger partial charge in [-0.3, -0.25) is 9.69 Å². The second-order valence-corrected chi connectivity index (χ2v) is 7.18. The zero-order valence-electron chi connectivity index (χ0n) is 13.8. The van der Waals surface area contributed by atoms with Crippen molar-refractivity contribution < 1.29 is 9.53 Å². The van der Waals surface area contributed by atoms with Gasteiger partial charge in [0.05, 0.1) is 6.04 Å². The van der Waals surface area contributed by atoms with E-state index in [1.54, 1.807) is 11.8 Å². The highest BCUT2D eigenvalue weighted by molar-refractivity contribution is 7.98. The Morgan fingerprint density at radius 1 is 1.26 bits per heavy atom. The number of nitrogens with one attached hydrogen (secondary N) is 1. The summed E-state index contributed by atoms with van der Waals surface area (Å²) in [6.45, 7) is 3.32. The van der Waals surface area contributed by atoms with Crippen LogP contribution >= 0.6 is 11.8 Å². The van der Waals surface area contributed by atoms with Crippen molar-refractivity contribution >= 4 is 17.7 Å². The fraction of sp³-hybridized carbons (Fsp3) is 0.611. The Balaban J connectivity index is 1.53. The molecule has 4 nitrogen and oxygen atoms in total. The van der Waals surface area contributed by atoms with Crippen LogP contribution in [0.5, 0.6) is 0 Å². The van der Waals surface area contributed by atoms with Gasteiger partial charge < -0.3 is 10.1 Å². The molecule has 3 rings (SSSR count). The van der Waals surface area contributed by atoms with E-state index in [0.717, 1.165) is 51.0 Å². The molecule has 0 aromatic heterocycles. The Labute approximate surface area is 143 Å². The minimum Gasteiger partial charge on any atom is -0.381 e. The lowest BCUT2D eigenvalue weighted by Gasteiger charge is -2.34. The number of hydrogen-bond donors (Lipinski definition) is 1. The smallest absolute Gasteiger partial charge is 0.237 e. The van der Waals surface area contributed by atoms with Crippen molar-refractivity contribution in [3.63, 3.8) is 0 Å².